The largest absolute Gasteiger partial charge is 0.399 e. The normalized spacial score (nSPS) is 13.6. The number of hydrogen-bond donors (Lipinski definition) is 4. The fourth-order valence-corrected chi connectivity index (χ4v) is 8.16. The molecule has 0 saturated heterocycles. The molecular weight excluding hydrogens is 637 g/mol. The van der Waals surface area contributed by atoms with E-state index in [9.17, 15) is 8.42 Å². The van der Waals surface area contributed by atoms with Gasteiger partial charge in [0.15, 0.2) is 11.6 Å². The molecule has 246 valence electrons. The van der Waals surface area contributed by atoms with Crippen LogP contribution in [0.4, 0.5) is 23.0 Å². The van der Waals surface area contributed by atoms with Crippen molar-refractivity contribution in [1.29, 1.82) is 0 Å². The van der Waals surface area contributed by atoms with Crippen LogP contribution < -0.4 is 21.9 Å². The Kier molecular flexibility index (Phi) is 7.40. The van der Waals surface area contributed by atoms with Crippen LogP contribution in [-0.4, -0.2) is 37.5 Å². The first-order chi connectivity index (χ1) is 23.8. The molecule has 2 aliphatic carbocycles. The van der Waals surface area contributed by atoms with Crippen LogP contribution in [0.25, 0.3) is 33.4 Å². The third-order valence-corrected chi connectivity index (χ3v) is 10.6. The Balaban J connectivity index is 0.000000152. The van der Waals surface area contributed by atoms with Gasteiger partial charge in [0.2, 0.25) is 0 Å². The standard InChI is InChI=1S/C21H19N5O2S.C15H15N5/c22-21-20-19(23-13-24-21)17-7-4-8-18(17)26(20)15-11-9-14(10-12-15)25-29(27,28)16-5-2-1-3-6-16;16-9-4-6-10(7-5-9)20-12-3-1-2-11(12)13-14(20)15(17)19-8-18-13/h1-3,5-6,9-13,25H,4,7-8H2,(H2,22,23,24);4-8H,1-3,16H2,(H2,17,18,19). The molecule has 7 N–H and O–H groups in total. The topological polar surface area (TPSA) is 186 Å². The molecule has 2 aliphatic rings. The highest BCUT2D eigenvalue weighted by Crippen LogP contribution is 2.37. The number of aryl methyl sites for hydroxylation is 2. The van der Waals surface area contributed by atoms with Crippen molar-refractivity contribution >= 4 is 55.1 Å². The Morgan fingerprint density at radius 3 is 1.59 bits per heavy atom. The Hall–Kier alpha value is -5.95. The molecule has 0 unspecified atom stereocenters. The minimum absolute atomic E-state index is 0.225. The van der Waals surface area contributed by atoms with Crippen molar-refractivity contribution in [3.05, 3.63) is 114 Å². The molecule has 0 bridgehead atoms. The first-order valence-electron chi connectivity index (χ1n) is 16.1. The van der Waals surface area contributed by atoms with Crippen LogP contribution in [0.15, 0.2) is 96.4 Å². The number of nitrogen functional groups attached to an aromatic ring is 3. The summed E-state index contributed by atoms with van der Waals surface area (Å²) < 4.78 is 32.0. The van der Waals surface area contributed by atoms with Crippen molar-refractivity contribution < 1.29 is 8.42 Å². The Labute approximate surface area is 282 Å². The van der Waals surface area contributed by atoms with Gasteiger partial charge in [-0.1, -0.05) is 18.2 Å². The average molecular weight is 671 g/mol. The van der Waals surface area contributed by atoms with Gasteiger partial charge in [-0.2, -0.15) is 0 Å². The highest BCUT2D eigenvalue weighted by atomic mass is 32.2. The quantitative estimate of drug-likeness (QED) is 0.175. The summed E-state index contributed by atoms with van der Waals surface area (Å²) in [5.41, 5.74) is 29.9. The lowest BCUT2D eigenvalue weighted by molar-refractivity contribution is 0.601. The summed E-state index contributed by atoms with van der Waals surface area (Å²) >= 11 is 0. The SMILES string of the molecule is Nc1ccc(-n2c3c(c4ncnc(N)c42)CCC3)cc1.Nc1ncnc2c3c(n(-c4ccc(NS(=O)(=O)c5ccccc5)cc4)c12)CCC3. The maximum absolute atomic E-state index is 12.5. The van der Waals surface area contributed by atoms with E-state index in [-0.39, 0.29) is 4.90 Å². The number of fused-ring (bicyclic) bond motifs is 6. The number of anilines is 4. The van der Waals surface area contributed by atoms with Gasteiger partial charge in [-0.25, -0.2) is 28.4 Å². The van der Waals surface area contributed by atoms with E-state index in [1.165, 1.54) is 35.3 Å². The molecule has 0 fully saturated rings. The third-order valence-electron chi connectivity index (χ3n) is 9.22. The van der Waals surface area contributed by atoms with Gasteiger partial charge in [-0.3, -0.25) is 4.72 Å². The minimum atomic E-state index is -3.63. The fraction of sp³-hybridized carbons (Fsp3) is 0.167. The Morgan fingerprint density at radius 2 is 1.08 bits per heavy atom. The molecule has 13 heteroatoms. The van der Waals surface area contributed by atoms with Gasteiger partial charge < -0.3 is 26.3 Å². The first kappa shape index (κ1) is 30.4. The van der Waals surface area contributed by atoms with Crippen molar-refractivity contribution in [3.63, 3.8) is 0 Å². The zero-order valence-corrected chi connectivity index (χ0v) is 27.4. The molecule has 9 rings (SSSR count). The number of sulfonamides is 1. The van der Waals surface area contributed by atoms with Crippen LogP contribution in [0.1, 0.15) is 35.4 Å². The van der Waals surface area contributed by atoms with E-state index >= 15 is 0 Å². The summed E-state index contributed by atoms with van der Waals surface area (Å²) in [6.45, 7) is 0. The number of nitrogens with two attached hydrogens (primary N) is 3. The van der Waals surface area contributed by atoms with Gasteiger partial charge in [0.1, 0.15) is 23.7 Å². The van der Waals surface area contributed by atoms with E-state index in [1.54, 1.807) is 48.8 Å². The molecular formula is C36H34N10O2S. The predicted octanol–water partition coefficient (Wildman–Crippen LogP) is 5.37. The number of nitrogens with zero attached hydrogens (tertiary/aromatic N) is 6. The molecule has 3 aromatic carbocycles. The van der Waals surface area contributed by atoms with E-state index in [2.05, 4.69) is 33.8 Å². The summed E-state index contributed by atoms with van der Waals surface area (Å²) in [5, 5.41) is 0. The molecule has 0 spiro atoms. The molecule has 0 amide bonds. The number of hydrogen-bond acceptors (Lipinski definition) is 9. The summed E-state index contributed by atoms with van der Waals surface area (Å²) in [6.07, 6.45) is 9.34. The molecule has 0 atom stereocenters. The second-order valence-electron chi connectivity index (χ2n) is 12.2. The molecule has 49 heavy (non-hydrogen) atoms. The average Bonchev–Trinajstić information content (AvgIpc) is 3.89. The number of rotatable bonds is 5. The lowest BCUT2D eigenvalue weighted by atomic mass is 10.2. The van der Waals surface area contributed by atoms with Crippen molar-refractivity contribution in [3.8, 4) is 11.4 Å². The van der Waals surface area contributed by atoms with Crippen LogP contribution in [0, 0.1) is 0 Å². The summed E-state index contributed by atoms with van der Waals surface area (Å²) in [6, 6.07) is 23.4. The Morgan fingerprint density at radius 1 is 0.592 bits per heavy atom. The second-order valence-corrected chi connectivity index (χ2v) is 13.9. The molecule has 12 nitrogen and oxygen atoms in total. The zero-order chi connectivity index (χ0) is 33.7. The van der Waals surface area contributed by atoms with E-state index < -0.39 is 10.0 Å². The lowest BCUT2D eigenvalue weighted by Crippen LogP contribution is -2.12. The van der Waals surface area contributed by atoms with Crippen LogP contribution in [0.5, 0.6) is 0 Å². The van der Waals surface area contributed by atoms with Crippen molar-refractivity contribution in [2.45, 2.75) is 43.4 Å². The molecule has 7 aromatic rings. The molecule has 0 aliphatic heterocycles. The van der Waals surface area contributed by atoms with Crippen LogP contribution in [0.2, 0.25) is 0 Å². The van der Waals surface area contributed by atoms with Gasteiger partial charge in [0.05, 0.1) is 15.9 Å². The zero-order valence-electron chi connectivity index (χ0n) is 26.5. The van der Waals surface area contributed by atoms with Gasteiger partial charge in [-0.05, 0) is 110 Å². The molecule has 4 heterocycles. The molecule has 0 radical (unpaired) electrons. The molecule has 0 saturated carbocycles. The fourth-order valence-electron chi connectivity index (χ4n) is 7.08. The van der Waals surface area contributed by atoms with Gasteiger partial charge in [-0.15, -0.1) is 0 Å². The minimum Gasteiger partial charge on any atom is -0.399 e. The van der Waals surface area contributed by atoms with E-state index in [0.717, 1.165) is 71.2 Å². The summed E-state index contributed by atoms with van der Waals surface area (Å²) in [5.74, 6) is 0.972. The summed E-state index contributed by atoms with van der Waals surface area (Å²) in [4.78, 5) is 17.4. The number of benzene rings is 3. The Bertz CT molecular complexity index is 2460. The predicted molar refractivity (Wildman–Crippen MR) is 192 cm³/mol. The second kappa shape index (κ2) is 11.9. The third kappa shape index (κ3) is 5.28. The maximum Gasteiger partial charge on any atom is 0.261 e. The maximum atomic E-state index is 12.5. The lowest BCUT2D eigenvalue weighted by Gasteiger charge is -2.12. The van der Waals surface area contributed by atoms with Crippen molar-refractivity contribution in [1.82, 2.24) is 29.1 Å². The van der Waals surface area contributed by atoms with Gasteiger partial charge >= 0.3 is 0 Å². The monoisotopic (exact) mass is 670 g/mol. The van der Waals surface area contributed by atoms with Crippen molar-refractivity contribution in [2.24, 2.45) is 0 Å². The molecule has 4 aromatic heterocycles. The van der Waals surface area contributed by atoms with Crippen molar-refractivity contribution in [2.75, 3.05) is 21.9 Å². The van der Waals surface area contributed by atoms with Crippen LogP contribution >= 0.6 is 0 Å². The van der Waals surface area contributed by atoms with E-state index in [0.29, 0.717) is 17.3 Å². The van der Waals surface area contributed by atoms with Gasteiger partial charge in [0, 0.05) is 34.1 Å². The number of aromatic nitrogens is 6. The number of nitrogens with one attached hydrogen (secondary N) is 1. The summed E-state index contributed by atoms with van der Waals surface area (Å²) in [7, 11) is -3.63. The smallest absolute Gasteiger partial charge is 0.261 e. The van der Waals surface area contributed by atoms with Gasteiger partial charge in [0.25, 0.3) is 10.0 Å². The highest BCUT2D eigenvalue weighted by molar-refractivity contribution is 7.92. The van der Waals surface area contributed by atoms with E-state index in [1.807, 2.05) is 36.4 Å². The highest BCUT2D eigenvalue weighted by Gasteiger charge is 2.26. The van der Waals surface area contributed by atoms with Crippen LogP contribution in [0.3, 0.4) is 0 Å². The van der Waals surface area contributed by atoms with Crippen LogP contribution in [-0.2, 0) is 35.7 Å². The van der Waals surface area contributed by atoms with E-state index in [4.69, 9.17) is 17.2 Å². The first-order valence-corrected chi connectivity index (χ1v) is 17.6.